The summed E-state index contributed by atoms with van der Waals surface area (Å²) in [7, 11) is 0. The van der Waals surface area contributed by atoms with Crippen LogP contribution in [0.15, 0.2) is 45.2 Å². The first-order valence-corrected chi connectivity index (χ1v) is 13.3. The molecule has 1 heterocycles. The molecule has 3 aliphatic rings. The van der Waals surface area contributed by atoms with Crippen molar-refractivity contribution in [2.75, 3.05) is 16.0 Å². The number of phenolic OH excluding ortho intramolecular Hbond substituents is 1. The summed E-state index contributed by atoms with van der Waals surface area (Å²) in [5.74, 6) is -0.0511. The molecule has 8 nitrogen and oxygen atoms in total. The predicted molar refractivity (Wildman–Crippen MR) is 137 cm³/mol. The lowest BCUT2D eigenvalue weighted by Gasteiger charge is -2.47. The van der Waals surface area contributed by atoms with E-state index in [-0.39, 0.29) is 40.1 Å². The normalized spacial score (nSPS) is 18.9. The molecule has 1 aliphatic heterocycles. The third-order valence-electron chi connectivity index (χ3n) is 6.52. The van der Waals surface area contributed by atoms with E-state index in [1.54, 1.807) is 35.2 Å². The van der Waals surface area contributed by atoms with Gasteiger partial charge in [0.15, 0.2) is 11.6 Å². The second-order valence-electron chi connectivity index (χ2n) is 8.55. The summed E-state index contributed by atoms with van der Waals surface area (Å²) in [6, 6.07) is 8.22. The zero-order chi connectivity index (χ0) is 24.0. The van der Waals surface area contributed by atoms with Gasteiger partial charge in [0, 0.05) is 27.1 Å². The zero-order valence-corrected chi connectivity index (χ0v) is 20.8. The number of alkyl halides is 1. The maximum absolute atomic E-state index is 13.9. The molecule has 0 radical (unpaired) electrons. The number of thioether (sulfide) groups is 1. The molecule has 34 heavy (non-hydrogen) atoms. The van der Waals surface area contributed by atoms with Crippen molar-refractivity contribution in [3.05, 3.63) is 52.6 Å². The van der Waals surface area contributed by atoms with Crippen LogP contribution < -0.4 is 16.4 Å². The molecule has 2 aromatic rings. The van der Waals surface area contributed by atoms with Gasteiger partial charge in [-0.2, -0.15) is 4.99 Å². The van der Waals surface area contributed by atoms with Gasteiger partial charge in [-0.1, -0.05) is 46.6 Å². The number of aromatic hydroxyl groups is 1. The zero-order valence-electron chi connectivity index (χ0n) is 18.4. The average Bonchev–Trinajstić information content (AvgIpc) is 2.82. The van der Waals surface area contributed by atoms with Crippen molar-refractivity contribution in [1.82, 2.24) is 0 Å². The molecule has 0 amide bonds. The smallest absolute Gasteiger partial charge is 0.220 e. The third-order valence-corrected chi connectivity index (χ3v) is 8.48. The van der Waals surface area contributed by atoms with Gasteiger partial charge in [-0.15, -0.1) is 11.8 Å². The van der Waals surface area contributed by atoms with E-state index in [2.05, 4.69) is 20.9 Å². The number of anilines is 1. The van der Waals surface area contributed by atoms with Crippen molar-refractivity contribution in [2.45, 2.75) is 42.7 Å². The number of halogens is 1. The highest BCUT2D eigenvalue weighted by molar-refractivity contribution is 9.09. The van der Waals surface area contributed by atoms with Crippen molar-refractivity contribution < 1.29 is 14.7 Å². The highest BCUT2D eigenvalue weighted by Crippen LogP contribution is 2.49. The minimum atomic E-state index is -0.803. The lowest BCUT2D eigenvalue weighted by atomic mass is 9.81. The monoisotopic (exact) mass is 541 g/mol. The minimum absolute atomic E-state index is 0.0109. The molecule has 0 atom stereocenters. The molecule has 0 aromatic heterocycles. The number of hydrogen-bond donors (Lipinski definition) is 3. The van der Waals surface area contributed by atoms with E-state index in [9.17, 15) is 14.7 Å². The molecular weight excluding hydrogens is 518 g/mol. The van der Waals surface area contributed by atoms with Gasteiger partial charge in [0.1, 0.15) is 11.4 Å². The van der Waals surface area contributed by atoms with E-state index >= 15 is 0 Å². The van der Waals surface area contributed by atoms with Crippen LogP contribution in [-0.2, 0) is 0 Å². The van der Waals surface area contributed by atoms with Crippen LogP contribution in [-0.4, -0.2) is 45.3 Å². The Bertz CT molecular complexity index is 1270. The van der Waals surface area contributed by atoms with E-state index in [1.807, 2.05) is 0 Å². The number of carbonyl (C=O) groups is 2. The molecule has 5 rings (SSSR count). The largest absolute Gasteiger partial charge is 0.507 e. The van der Waals surface area contributed by atoms with Crippen molar-refractivity contribution >= 4 is 56.9 Å². The highest BCUT2D eigenvalue weighted by Gasteiger charge is 2.47. The van der Waals surface area contributed by atoms with Gasteiger partial charge >= 0.3 is 0 Å². The molecule has 0 saturated heterocycles. The number of nitrogens with zero attached hydrogens (tertiary/aromatic N) is 3. The van der Waals surface area contributed by atoms with E-state index in [0.717, 1.165) is 19.3 Å². The lowest BCUT2D eigenvalue weighted by molar-refractivity contribution is 0.0976. The highest BCUT2D eigenvalue weighted by atomic mass is 79.9. The molecule has 1 saturated carbocycles. The molecule has 1 spiro atoms. The first kappa shape index (κ1) is 22.9. The fraction of sp³-hybridized carbons (Fsp3) is 0.333. The number of benzene rings is 2. The molecule has 10 heteroatoms. The first-order chi connectivity index (χ1) is 16.4. The number of nitrogens with two attached hydrogens (primary N) is 2. The van der Waals surface area contributed by atoms with Gasteiger partial charge in [0.05, 0.1) is 16.8 Å². The number of ketones is 2. The van der Waals surface area contributed by atoms with Crippen LogP contribution in [0.4, 0.5) is 5.69 Å². The van der Waals surface area contributed by atoms with Crippen molar-refractivity contribution in [3.8, 4) is 5.75 Å². The fourth-order valence-corrected chi connectivity index (χ4v) is 6.47. The summed E-state index contributed by atoms with van der Waals surface area (Å²) < 4.78 is 0. The maximum Gasteiger partial charge on any atom is 0.220 e. The molecule has 2 aliphatic carbocycles. The summed E-state index contributed by atoms with van der Waals surface area (Å²) >= 11 is 4.91. The molecule has 0 bridgehead atoms. The number of rotatable bonds is 4. The summed E-state index contributed by atoms with van der Waals surface area (Å²) in [6.45, 7) is 0. The Balaban J connectivity index is 1.82. The topological polar surface area (TPSA) is 134 Å². The van der Waals surface area contributed by atoms with Crippen LogP contribution >= 0.6 is 27.7 Å². The van der Waals surface area contributed by atoms with E-state index < -0.39 is 11.4 Å². The average molecular weight is 542 g/mol. The Hall–Kier alpha value is -2.85. The number of hydrogen-bond acceptors (Lipinski definition) is 9. The number of guanidine groups is 2. The lowest BCUT2D eigenvalue weighted by Crippen LogP contribution is -2.59. The SMILES string of the molecule is NC1=NC2(CCCCC2)N(c2c(SCCBr)cc(O)c3c2C(=O)c2ccccc2C3=O)C(N)=N1. The van der Waals surface area contributed by atoms with E-state index in [1.165, 1.54) is 11.8 Å². The second-order valence-corrected chi connectivity index (χ2v) is 10.5. The Morgan fingerprint density at radius 2 is 1.71 bits per heavy atom. The van der Waals surface area contributed by atoms with Crippen molar-refractivity contribution in [1.29, 1.82) is 0 Å². The Morgan fingerprint density at radius 1 is 1.06 bits per heavy atom. The Morgan fingerprint density at radius 3 is 2.35 bits per heavy atom. The summed E-state index contributed by atoms with van der Waals surface area (Å²) in [6.07, 6.45) is 4.26. The molecule has 176 valence electrons. The molecule has 5 N–H and O–H groups in total. The summed E-state index contributed by atoms with van der Waals surface area (Å²) in [5, 5.41) is 11.7. The summed E-state index contributed by atoms with van der Waals surface area (Å²) in [4.78, 5) is 38.8. The van der Waals surface area contributed by atoms with Crippen LogP contribution in [0.5, 0.6) is 5.75 Å². The van der Waals surface area contributed by atoms with Crippen LogP contribution in [0.2, 0.25) is 0 Å². The molecule has 1 fully saturated rings. The van der Waals surface area contributed by atoms with Gasteiger partial charge in [-0.05, 0) is 31.7 Å². The standard InChI is InChI=1S/C24H24BrN5O3S/c25-10-11-34-16-12-15(31)17-18(21(33)14-7-3-2-6-13(14)20(17)32)19(16)30-23(27)28-22(26)29-24(30)8-4-1-5-9-24/h2-3,6-7,12,31H,1,4-5,8-11H2,(H4,26,27,28,29). The Kier molecular flexibility index (Phi) is 5.89. The summed E-state index contributed by atoms with van der Waals surface area (Å²) in [5.41, 5.74) is 12.9. The maximum atomic E-state index is 13.9. The number of aliphatic imine (C=N–C) groups is 2. The van der Waals surface area contributed by atoms with Crippen molar-refractivity contribution in [3.63, 3.8) is 0 Å². The fourth-order valence-electron chi connectivity index (χ4n) is 5.16. The molecular formula is C24H24BrN5O3S. The molecule has 0 unspecified atom stereocenters. The van der Waals surface area contributed by atoms with E-state index in [4.69, 9.17) is 16.5 Å². The first-order valence-electron chi connectivity index (χ1n) is 11.1. The van der Waals surface area contributed by atoms with Gasteiger partial charge < -0.3 is 16.6 Å². The number of fused-ring (bicyclic) bond motifs is 2. The van der Waals surface area contributed by atoms with Gasteiger partial charge in [-0.3, -0.25) is 14.5 Å². The van der Waals surface area contributed by atoms with Crippen LogP contribution in [0.1, 0.15) is 63.9 Å². The van der Waals surface area contributed by atoms with E-state index in [0.29, 0.717) is 40.1 Å². The van der Waals surface area contributed by atoms with Crippen LogP contribution in [0, 0.1) is 0 Å². The predicted octanol–water partition coefficient (Wildman–Crippen LogP) is 3.76. The quantitative estimate of drug-likeness (QED) is 0.338. The second kappa shape index (κ2) is 8.74. The van der Waals surface area contributed by atoms with Gasteiger partial charge in [0.25, 0.3) is 0 Å². The third kappa shape index (κ3) is 3.51. The number of phenols is 1. The molecule has 2 aromatic carbocycles. The Labute approximate surface area is 209 Å². The van der Waals surface area contributed by atoms with Gasteiger partial charge in [-0.25, -0.2) is 4.99 Å². The van der Waals surface area contributed by atoms with Crippen molar-refractivity contribution in [2.24, 2.45) is 21.5 Å². The van der Waals surface area contributed by atoms with Crippen LogP contribution in [0.25, 0.3) is 0 Å². The minimum Gasteiger partial charge on any atom is -0.507 e. The number of carbonyl (C=O) groups excluding carboxylic acids is 2. The van der Waals surface area contributed by atoms with Crippen LogP contribution in [0.3, 0.4) is 0 Å². The van der Waals surface area contributed by atoms with Gasteiger partial charge in [0.2, 0.25) is 11.9 Å².